The number of hydrogen-bond donors (Lipinski definition) is 0. The summed E-state index contributed by atoms with van der Waals surface area (Å²) >= 11 is 13.7. The van der Waals surface area contributed by atoms with Crippen molar-refractivity contribution in [2.45, 2.75) is 6.92 Å². The molecule has 1 aromatic heterocycles. The Morgan fingerprint density at radius 3 is 2.60 bits per heavy atom. The summed E-state index contributed by atoms with van der Waals surface area (Å²) in [7, 11) is 0. The van der Waals surface area contributed by atoms with E-state index >= 15 is 0 Å². The summed E-state index contributed by atoms with van der Waals surface area (Å²) in [6, 6.07) is 0. The molecule has 0 aliphatic rings. The second-order valence-corrected chi connectivity index (χ2v) is 3.68. The molecule has 0 saturated carbocycles. The second kappa shape index (κ2) is 3.24. The molecular weight excluding hydrogens is 284 g/mol. The van der Waals surface area contributed by atoms with E-state index in [1.165, 1.54) is 0 Å². The van der Waals surface area contributed by atoms with Crippen LogP contribution in [0.2, 0.25) is 10.0 Å². The first-order valence-electron chi connectivity index (χ1n) is 2.59. The highest BCUT2D eigenvalue weighted by molar-refractivity contribution is 14.1. The molecule has 0 fully saturated rings. The van der Waals surface area contributed by atoms with Crippen LogP contribution in [0, 0.1) is 10.5 Å². The summed E-state index contributed by atoms with van der Waals surface area (Å²) in [4.78, 5) is 3.97. The van der Waals surface area contributed by atoms with Crippen molar-refractivity contribution in [3.63, 3.8) is 0 Å². The van der Waals surface area contributed by atoms with Gasteiger partial charge in [-0.3, -0.25) is 4.98 Å². The van der Waals surface area contributed by atoms with Gasteiger partial charge in [-0.25, -0.2) is 0 Å². The van der Waals surface area contributed by atoms with Crippen LogP contribution in [-0.4, -0.2) is 4.98 Å². The van der Waals surface area contributed by atoms with Crippen LogP contribution in [0.3, 0.4) is 0 Å². The van der Waals surface area contributed by atoms with E-state index in [9.17, 15) is 0 Å². The van der Waals surface area contributed by atoms with E-state index in [-0.39, 0.29) is 0 Å². The van der Waals surface area contributed by atoms with Crippen LogP contribution in [-0.2, 0) is 0 Å². The first kappa shape index (κ1) is 8.56. The predicted octanol–water partition coefficient (Wildman–Crippen LogP) is 3.30. The fourth-order valence-electron chi connectivity index (χ4n) is 0.531. The first-order valence-corrected chi connectivity index (χ1v) is 4.42. The van der Waals surface area contributed by atoms with Crippen LogP contribution in [0.5, 0.6) is 0 Å². The summed E-state index contributed by atoms with van der Waals surface area (Å²) < 4.78 is 0.869. The van der Waals surface area contributed by atoms with E-state index in [0.717, 1.165) is 9.26 Å². The number of halogens is 3. The van der Waals surface area contributed by atoms with Gasteiger partial charge in [0.05, 0.1) is 19.3 Å². The molecule has 0 amide bonds. The molecule has 0 spiro atoms. The van der Waals surface area contributed by atoms with Gasteiger partial charge < -0.3 is 0 Å². The fraction of sp³-hybridized carbons (Fsp3) is 0.167. The van der Waals surface area contributed by atoms with Crippen LogP contribution >= 0.6 is 45.8 Å². The fourth-order valence-corrected chi connectivity index (χ4v) is 1.40. The van der Waals surface area contributed by atoms with Crippen LogP contribution in [0.1, 0.15) is 5.69 Å². The molecule has 0 aliphatic heterocycles. The lowest BCUT2D eigenvalue weighted by Gasteiger charge is -1.99. The lowest BCUT2D eigenvalue weighted by molar-refractivity contribution is 1.19. The quantitative estimate of drug-likeness (QED) is 0.667. The Kier molecular flexibility index (Phi) is 2.77. The Morgan fingerprint density at radius 1 is 1.50 bits per heavy atom. The molecule has 4 heteroatoms. The number of pyridine rings is 1. The SMILES string of the molecule is Cc1ncc(Cl)c(I)c1Cl. The van der Waals surface area contributed by atoms with Gasteiger partial charge in [-0.05, 0) is 29.5 Å². The van der Waals surface area contributed by atoms with Crippen molar-refractivity contribution in [3.8, 4) is 0 Å². The van der Waals surface area contributed by atoms with E-state index in [1.54, 1.807) is 6.20 Å². The second-order valence-electron chi connectivity index (χ2n) is 1.82. The van der Waals surface area contributed by atoms with Gasteiger partial charge in [0.2, 0.25) is 0 Å². The minimum absolute atomic E-state index is 0.608. The number of aryl methyl sites for hydroxylation is 1. The van der Waals surface area contributed by atoms with E-state index in [0.29, 0.717) is 10.0 Å². The molecule has 0 unspecified atom stereocenters. The van der Waals surface area contributed by atoms with E-state index < -0.39 is 0 Å². The average molecular weight is 288 g/mol. The van der Waals surface area contributed by atoms with Crippen molar-refractivity contribution in [3.05, 3.63) is 25.5 Å². The molecule has 10 heavy (non-hydrogen) atoms. The lowest BCUT2D eigenvalue weighted by Crippen LogP contribution is -1.85. The van der Waals surface area contributed by atoms with Crippen molar-refractivity contribution in [2.75, 3.05) is 0 Å². The van der Waals surface area contributed by atoms with Gasteiger partial charge in [-0.2, -0.15) is 0 Å². The molecule has 0 radical (unpaired) electrons. The van der Waals surface area contributed by atoms with E-state index in [2.05, 4.69) is 27.6 Å². The van der Waals surface area contributed by atoms with Crippen molar-refractivity contribution in [1.82, 2.24) is 4.98 Å². The molecule has 0 N–H and O–H groups in total. The molecule has 54 valence electrons. The summed E-state index contributed by atoms with van der Waals surface area (Å²) in [6.45, 7) is 1.85. The third-order valence-corrected chi connectivity index (χ3v) is 3.60. The third kappa shape index (κ3) is 1.54. The zero-order valence-electron chi connectivity index (χ0n) is 5.16. The first-order chi connectivity index (χ1) is 4.63. The zero-order valence-corrected chi connectivity index (χ0v) is 8.83. The molecular formula is C6H4Cl2IN. The van der Waals surface area contributed by atoms with Gasteiger partial charge in [0.25, 0.3) is 0 Å². The van der Waals surface area contributed by atoms with Crippen LogP contribution in [0.25, 0.3) is 0 Å². The van der Waals surface area contributed by atoms with Gasteiger partial charge in [0.15, 0.2) is 0 Å². The largest absolute Gasteiger partial charge is 0.258 e. The lowest BCUT2D eigenvalue weighted by atomic mass is 10.4. The van der Waals surface area contributed by atoms with Gasteiger partial charge in [0, 0.05) is 6.20 Å². The smallest absolute Gasteiger partial charge is 0.0767 e. The monoisotopic (exact) mass is 287 g/mol. The Labute approximate surface area is 82.9 Å². The van der Waals surface area contributed by atoms with E-state index in [4.69, 9.17) is 23.2 Å². The molecule has 0 bridgehead atoms. The Bertz CT molecular complexity index is 235. The minimum atomic E-state index is 0.608. The van der Waals surface area contributed by atoms with Gasteiger partial charge in [0.1, 0.15) is 0 Å². The van der Waals surface area contributed by atoms with Crippen LogP contribution in [0.4, 0.5) is 0 Å². The maximum Gasteiger partial charge on any atom is 0.0767 e. The molecule has 1 heterocycles. The molecule has 0 aromatic carbocycles. The van der Waals surface area contributed by atoms with Crippen molar-refractivity contribution < 1.29 is 0 Å². The Balaban J connectivity index is 3.34. The summed E-state index contributed by atoms with van der Waals surface area (Å²) in [5, 5.41) is 1.25. The van der Waals surface area contributed by atoms with Gasteiger partial charge in [-0.1, -0.05) is 23.2 Å². The van der Waals surface area contributed by atoms with E-state index in [1.807, 2.05) is 6.92 Å². The number of nitrogens with zero attached hydrogens (tertiary/aromatic N) is 1. The average Bonchev–Trinajstić information content (AvgIpc) is 1.93. The summed E-state index contributed by atoms with van der Waals surface area (Å²) in [6.07, 6.45) is 1.60. The molecule has 1 nitrogen and oxygen atoms in total. The highest BCUT2D eigenvalue weighted by Crippen LogP contribution is 2.26. The van der Waals surface area contributed by atoms with Gasteiger partial charge >= 0.3 is 0 Å². The molecule has 0 atom stereocenters. The normalized spacial score (nSPS) is 10.0. The molecule has 1 rings (SSSR count). The topological polar surface area (TPSA) is 12.9 Å². The van der Waals surface area contributed by atoms with Crippen molar-refractivity contribution in [1.29, 1.82) is 0 Å². The molecule has 0 aliphatic carbocycles. The highest BCUT2D eigenvalue weighted by Gasteiger charge is 2.04. The predicted molar refractivity (Wildman–Crippen MR) is 51.7 cm³/mol. The number of hydrogen-bond acceptors (Lipinski definition) is 1. The molecule has 1 aromatic rings. The summed E-state index contributed by atoms with van der Waals surface area (Å²) in [5.74, 6) is 0. The zero-order chi connectivity index (χ0) is 7.72. The van der Waals surface area contributed by atoms with Crippen LogP contribution < -0.4 is 0 Å². The van der Waals surface area contributed by atoms with Crippen molar-refractivity contribution in [2.24, 2.45) is 0 Å². The van der Waals surface area contributed by atoms with Crippen LogP contribution in [0.15, 0.2) is 6.20 Å². The third-order valence-electron chi connectivity index (χ3n) is 1.09. The molecule has 0 saturated heterocycles. The standard InChI is InChI=1S/C6H4Cl2IN/c1-3-5(8)6(9)4(7)2-10-3/h2H,1H3. The Morgan fingerprint density at radius 2 is 2.10 bits per heavy atom. The highest BCUT2D eigenvalue weighted by atomic mass is 127. The summed E-state index contributed by atoms with van der Waals surface area (Å²) in [5.41, 5.74) is 0.815. The number of aromatic nitrogens is 1. The maximum atomic E-state index is 5.83. The number of rotatable bonds is 0. The maximum absolute atomic E-state index is 5.83. The van der Waals surface area contributed by atoms with Gasteiger partial charge in [-0.15, -0.1) is 0 Å². The Hall–Kier alpha value is 0.460. The minimum Gasteiger partial charge on any atom is -0.258 e. The van der Waals surface area contributed by atoms with Crippen molar-refractivity contribution >= 4 is 45.8 Å².